The Hall–Kier alpha value is -0.120. The third-order valence-electron chi connectivity index (χ3n) is 2.64. The molecule has 15 heavy (non-hydrogen) atoms. The van der Waals surface area contributed by atoms with Gasteiger partial charge in [0.1, 0.15) is 0 Å². The first-order valence-electron chi connectivity index (χ1n) is 6.15. The predicted octanol–water partition coefficient (Wildman–Crippen LogP) is 1.72. The van der Waals surface area contributed by atoms with E-state index in [-0.39, 0.29) is 0 Å². The molecule has 0 aromatic heterocycles. The Morgan fingerprint density at radius 2 is 2.07 bits per heavy atom. The summed E-state index contributed by atoms with van der Waals surface area (Å²) in [6.07, 6.45) is 3.67. The van der Waals surface area contributed by atoms with Gasteiger partial charge >= 0.3 is 0 Å². The standard InChI is InChI=1S/C12H28N2O/c1-4-6-12(2)11-14(8-5-7-13)9-10-15-3/h12H,4-11,13H2,1-3H3. The van der Waals surface area contributed by atoms with E-state index in [4.69, 9.17) is 10.5 Å². The van der Waals surface area contributed by atoms with E-state index in [2.05, 4.69) is 18.7 Å². The van der Waals surface area contributed by atoms with Gasteiger partial charge in [0.15, 0.2) is 0 Å². The lowest BCUT2D eigenvalue weighted by molar-refractivity contribution is 0.136. The highest BCUT2D eigenvalue weighted by Crippen LogP contribution is 2.07. The fourth-order valence-corrected chi connectivity index (χ4v) is 1.85. The van der Waals surface area contributed by atoms with Crippen LogP contribution in [0.4, 0.5) is 0 Å². The first-order chi connectivity index (χ1) is 7.24. The molecule has 0 bridgehead atoms. The van der Waals surface area contributed by atoms with Crippen LogP contribution in [0.3, 0.4) is 0 Å². The maximum absolute atomic E-state index is 5.54. The first-order valence-corrected chi connectivity index (χ1v) is 6.15. The van der Waals surface area contributed by atoms with Gasteiger partial charge in [-0.15, -0.1) is 0 Å². The molecule has 92 valence electrons. The molecule has 0 aromatic rings. The molecule has 3 heteroatoms. The van der Waals surface area contributed by atoms with Gasteiger partial charge in [-0.1, -0.05) is 20.3 Å². The lowest BCUT2D eigenvalue weighted by atomic mass is 10.1. The van der Waals surface area contributed by atoms with E-state index in [1.54, 1.807) is 7.11 Å². The maximum atomic E-state index is 5.54. The van der Waals surface area contributed by atoms with Gasteiger partial charge in [0.25, 0.3) is 0 Å². The van der Waals surface area contributed by atoms with Crippen LogP contribution in [0.2, 0.25) is 0 Å². The van der Waals surface area contributed by atoms with Crippen molar-refractivity contribution in [2.45, 2.75) is 33.1 Å². The van der Waals surface area contributed by atoms with Gasteiger partial charge in [-0.05, 0) is 31.8 Å². The van der Waals surface area contributed by atoms with Gasteiger partial charge in [0, 0.05) is 20.2 Å². The average molecular weight is 216 g/mol. The Labute approximate surface area is 95.0 Å². The van der Waals surface area contributed by atoms with Gasteiger partial charge < -0.3 is 15.4 Å². The molecular formula is C12H28N2O. The minimum atomic E-state index is 0.782. The zero-order valence-electron chi connectivity index (χ0n) is 10.7. The van der Waals surface area contributed by atoms with Crippen LogP contribution < -0.4 is 5.73 Å². The van der Waals surface area contributed by atoms with Crippen molar-refractivity contribution in [3.63, 3.8) is 0 Å². The molecule has 0 aliphatic rings. The van der Waals surface area contributed by atoms with Gasteiger partial charge in [-0.2, -0.15) is 0 Å². The smallest absolute Gasteiger partial charge is 0.0589 e. The molecule has 0 aliphatic carbocycles. The molecule has 1 atom stereocenters. The van der Waals surface area contributed by atoms with Crippen LogP contribution >= 0.6 is 0 Å². The quantitative estimate of drug-likeness (QED) is 0.604. The summed E-state index contributed by atoms with van der Waals surface area (Å²) in [5, 5.41) is 0. The summed E-state index contributed by atoms with van der Waals surface area (Å²) in [5.74, 6) is 0.782. The second kappa shape index (κ2) is 10.4. The highest BCUT2D eigenvalue weighted by Gasteiger charge is 2.08. The van der Waals surface area contributed by atoms with Gasteiger partial charge in [-0.25, -0.2) is 0 Å². The molecule has 0 rings (SSSR count). The number of hydrogen-bond acceptors (Lipinski definition) is 3. The van der Waals surface area contributed by atoms with Crippen LogP contribution in [0.25, 0.3) is 0 Å². The van der Waals surface area contributed by atoms with Crippen molar-refractivity contribution in [2.24, 2.45) is 11.7 Å². The molecule has 3 nitrogen and oxygen atoms in total. The largest absolute Gasteiger partial charge is 0.383 e. The monoisotopic (exact) mass is 216 g/mol. The average Bonchev–Trinajstić information content (AvgIpc) is 2.22. The summed E-state index contributed by atoms with van der Waals surface area (Å²) in [4.78, 5) is 2.47. The van der Waals surface area contributed by atoms with Gasteiger partial charge in [0.2, 0.25) is 0 Å². The first kappa shape index (κ1) is 14.9. The zero-order valence-corrected chi connectivity index (χ0v) is 10.7. The van der Waals surface area contributed by atoms with Crippen molar-refractivity contribution < 1.29 is 4.74 Å². The number of rotatable bonds is 10. The highest BCUT2D eigenvalue weighted by molar-refractivity contribution is 4.63. The summed E-state index contributed by atoms with van der Waals surface area (Å²) in [6.45, 7) is 9.49. The normalized spacial score (nSPS) is 13.4. The van der Waals surface area contributed by atoms with E-state index < -0.39 is 0 Å². The summed E-state index contributed by atoms with van der Waals surface area (Å²) < 4.78 is 5.12. The molecule has 0 fully saturated rings. The van der Waals surface area contributed by atoms with Gasteiger partial charge in [-0.3, -0.25) is 0 Å². The Balaban J connectivity index is 3.76. The van der Waals surface area contributed by atoms with Crippen LogP contribution in [-0.2, 0) is 4.74 Å². The molecule has 0 aromatic carbocycles. The summed E-state index contributed by atoms with van der Waals surface area (Å²) in [5.41, 5.74) is 5.54. The molecule has 0 saturated heterocycles. The Morgan fingerprint density at radius 1 is 1.33 bits per heavy atom. The minimum Gasteiger partial charge on any atom is -0.383 e. The molecule has 0 heterocycles. The molecule has 0 aliphatic heterocycles. The van der Waals surface area contributed by atoms with Gasteiger partial charge in [0.05, 0.1) is 6.61 Å². The molecule has 0 saturated carbocycles. The summed E-state index contributed by atoms with van der Waals surface area (Å²) in [7, 11) is 1.76. The van der Waals surface area contributed by atoms with Crippen molar-refractivity contribution in [2.75, 3.05) is 39.9 Å². The SMILES string of the molecule is CCCC(C)CN(CCCN)CCOC. The molecule has 2 N–H and O–H groups in total. The van der Waals surface area contributed by atoms with E-state index in [0.717, 1.165) is 38.6 Å². The van der Waals surface area contributed by atoms with Crippen LogP contribution in [0.5, 0.6) is 0 Å². The summed E-state index contributed by atoms with van der Waals surface area (Å²) in [6, 6.07) is 0. The van der Waals surface area contributed by atoms with Crippen molar-refractivity contribution in [1.29, 1.82) is 0 Å². The Bertz CT molecular complexity index is 123. The molecular weight excluding hydrogens is 188 g/mol. The van der Waals surface area contributed by atoms with E-state index in [0.29, 0.717) is 0 Å². The minimum absolute atomic E-state index is 0.782. The Kier molecular flexibility index (Phi) is 10.3. The fourth-order valence-electron chi connectivity index (χ4n) is 1.85. The third kappa shape index (κ3) is 8.85. The lowest BCUT2D eigenvalue weighted by Crippen LogP contribution is -2.33. The number of nitrogens with zero attached hydrogens (tertiary/aromatic N) is 1. The second-order valence-electron chi connectivity index (χ2n) is 4.33. The molecule has 0 amide bonds. The molecule has 0 spiro atoms. The Morgan fingerprint density at radius 3 is 2.60 bits per heavy atom. The van der Waals surface area contributed by atoms with Crippen molar-refractivity contribution in [3.8, 4) is 0 Å². The predicted molar refractivity (Wildman–Crippen MR) is 66.1 cm³/mol. The number of hydrogen-bond donors (Lipinski definition) is 1. The van der Waals surface area contributed by atoms with E-state index in [1.807, 2.05) is 0 Å². The summed E-state index contributed by atoms with van der Waals surface area (Å²) >= 11 is 0. The zero-order chi connectivity index (χ0) is 11.5. The highest BCUT2D eigenvalue weighted by atomic mass is 16.5. The molecule has 0 radical (unpaired) electrons. The third-order valence-corrected chi connectivity index (χ3v) is 2.64. The van der Waals surface area contributed by atoms with E-state index in [1.165, 1.54) is 19.4 Å². The fraction of sp³-hybridized carbons (Fsp3) is 1.00. The van der Waals surface area contributed by atoms with Crippen molar-refractivity contribution in [3.05, 3.63) is 0 Å². The van der Waals surface area contributed by atoms with E-state index >= 15 is 0 Å². The second-order valence-corrected chi connectivity index (χ2v) is 4.33. The number of ether oxygens (including phenoxy) is 1. The van der Waals surface area contributed by atoms with Crippen molar-refractivity contribution in [1.82, 2.24) is 4.90 Å². The van der Waals surface area contributed by atoms with Crippen LogP contribution in [0.1, 0.15) is 33.1 Å². The van der Waals surface area contributed by atoms with Crippen LogP contribution in [0.15, 0.2) is 0 Å². The molecule has 1 unspecified atom stereocenters. The van der Waals surface area contributed by atoms with E-state index in [9.17, 15) is 0 Å². The number of nitrogens with two attached hydrogens (primary N) is 1. The maximum Gasteiger partial charge on any atom is 0.0589 e. The lowest BCUT2D eigenvalue weighted by Gasteiger charge is -2.25. The number of methoxy groups -OCH3 is 1. The van der Waals surface area contributed by atoms with Crippen LogP contribution in [0, 0.1) is 5.92 Å². The topological polar surface area (TPSA) is 38.5 Å². The van der Waals surface area contributed by atoms with Crippen LogP contribution in [-0.4, -0.2) is 44.8 Å². The van der Waals surface area contributed by atoms with Crippen molar-refractivity contribution >= 4 is 0 Å².